The fourth-order valence-electron chi connectivity index (χ4n) is 12.3. The Morgan fingerprint density at radius 3 is 1.34 bits per heavy atom. The molecule has 348 valence electrons. The molecule has 3 saturated heterocycles. The summed E-state index contributed by atoms with van der Waals surface area (Å²) in [4.78, 5) is 72.6. The lowest BCUT2D eigenvalue weighted by molar-refractivity contribution is -0.176. The van der Waals surface area contributed by atoms with Crippen LogP contribution in [0.5, 0.6) is 0 Å². The summed E-state index contributed by atoms with van der Waals surface area (Å²) in [6.07, 6.45) is 5.06. The molecule has 14 heteroatoms. The number of rotatable bonds is 12. The van der Waals surface area contributed by atoms with Gasteiger partial charge in [-0.05, 0) is 99.3 Å². The Hall–Kier alpha value is -3.26. The first-order chi connectivity index (χ1) is 29.2. The number of esters is 6. The van der Waals surface area contributed by atoms with Crippen molar-refractivity contribution in [3.63, 3.8) is 0 Å². The molecular weight excluding hydrogens is 801 g/mol. The van der Waals surface area contributed by atoms with E-state index in [-0.39, 0.29) is 126 Å². The van der Waals surface area contributed by atoms with Gasteiger partial charge in [-0.15, -0.1) is 0 Å². The van der Waals surface area contributed by atoms with Gasteiger partial charge in [-0.25, -0.2) is 0 Å². The topological polar surface area (TPSA) is 176 Å². The second-order valence-corrected chi connectivity index (χ2v) is 21.5. The van der Waals surface area contributed by atoms with Crippen LogP contribution in [0.1, 0.15) is 114 Å². The maximum absolute atomic E-state index is 12.5. The maximum Gasteiger partial charge on any atom is 0.311 e. The van der Waals surface area contributed by atoms with Crippen molar-refractivity contribution in [1.29, 1.82) is 0 Å². The average molecular weight is 873 g/mol. The quantitative estimate of drug-likeness (QED) is 0.162. The first-order valence-corrected chi connectivity index (χ1v) is 23.5. The van der Waals surface area contributed by atoms with E-state index in [2.05, 4.69) is 0 Å². The van der Waals surface area contributed by atoms with E-state index >= 15 is 0 Å². The van der Waals surface area contributed by atoms with E-state index in [0.29, 0.717) is 38.3 Å². The third-order valence-electron chi connectivity index (χ3n) is 17.2. The summed E-state index contributed by atoms with van der Waals surface area (Å²) < 4.78 is 44.4. The number of carbonyl (C=O) groups is 6. The van der Waals surface area contributed by atoms with Crippen molar-refractivity contribution < 1.29 is 66.7 Å². The Balaban J connectivity index is 0.000000140. The molecule has 6 bridgehead atoms. The van der Waals surface area contributed by atoms with Gasteiger partial charge >= 0.3 is 35.8 Å². The Kier molecular flexibility index (Phi) is 13.3. The molecule has 0 N–H and O–H groups in total. The van der Waals surface area contributed by atoms with E-state index in [1.165, 1.54) is 0 Å². The number of hydrogen-bond donors (Lipinski definition) is 0. The van der Waals surface area contributed by atoms with E-state index in [0.717, 1.165) is 44.9 Å². The van der Waals surface area contributed by atoms with Gasteiger partial charge in [0.05, 0.1) is 66.0 Å². The van der Waals surface area contributed by atoms with Gasteiger partial charge in [0.25, 0.3) is 0 Å². The minimum Gasteiger partial charge on any atom is -0.465 e. The average Bonchev–Trinajstić information content (AvgIpc) is 4.11. The number of hydrogen-bond acceptors (Lipinski definition) is 14. The summed E-state index contributed by atoms with van der Waals surface area (Å²) >= 11 is 0. The number of ether oxygens (including phenoxy) is 8. The molecule has 0 aromatic rings. The fourth-order valence-corrected chi connectivity index (χ4v) is 12.3. The smallest absolute Gasteiger partial charge is 0.311 e. The van der Waals surface area contributed by atoms with Crippen molar-refractivity contribution in [3.05, 3.63) is 0 Å². The number of fused-ring (bicyclic) bond motifs is 15. The summed E-state index contributed by atoms with van der Waals surface area (Å²) in [6.45, 7) is 21.4. The molecule has 6 aliphatic carbocycles. The minimum absolute atomic E-state index is 0.0127. The monoisotopic (exact) mass is 872 g/mol. The zero-order chi connectivity index (χ0) is 45.2. The van der Waals surface area contributed by atoms with Gasteiger partial charge in [0, 0.05) is 61.1 Å². The zero-order valence-electron chi connectivity index (χ0n) is 38.8. The lowest BCUT2D eigenvalue weighted by atomic mass is 9.78. The highest BCUT2D eigenvalue weighted by molar-refractivity contribution is 5.79. The van der Waals surface area contributed by atoms with Crippen molar-refractivity contribution in [3.8, 4) is 0 Å². The van der Waals surface area contributed by atoms with Gasteiger partial charge in [-0.3, -0.25) is 28.8 Å². The highest BCUT2D eigenvalue weighted by Crippen LogP contribution is 2.59. The molecule has 0 spiro atoms. The first kappa shape index (κ1) is 46.7. The van der Waals surface area contributed by atoms with E-state index in [1.807, 2.05) is 69.2 Å². The van der Waals surface area contributed by atoms with E-state index in [9.17, 15) is 28.8 Å². The van der Waals surface area contributed by atoms with Gasteiger partial charge in [0.2, 0.25) is 0 Å². The van der Waals surface area contributed by atoms with Crippen molar-refractivity contribution in [2.24, 2.45) is 87.3 Å². The summed E-state index contributed by atoms with van der Waals surface area (Å²) in [6, 6.07) is 0. The predicted molar refractivity (Wildman–Crippen MR) is 221 cm³/mol. The van der Waals surface area contributed by atoms with Crippen LogP contribution in [0.15, 0.2) is 0 Å². The van der Waals surface area contributed by atoms with E-state index in [1.54, 1.807) is 7.11 Å². The van der Waals surface area contributed by atoms with Crippen LogP contribution in [0.25, 0.3) is 0 Å². The third kappa shape index (κ3) is 8.08. The highest BCUT2D eigenvalue weighted by Gasteiger charge is 2.67. The van der Waals surface area contributed by atoms with Gasteiger partial charge in [-0.1, -0.05) is 20.8 Å². The zero-order valence-corrected chi connectivity index (χ0v) is 38.8. The molecule has 0 amide bonds. The largest absolute Gasteiger partial charge is 0.465 e. The summed E-state index contributed by atoms with van der Waals surface area (Å²) in [5, 5.41) is 0. The molecule has 9 aliphatic rings. The van der Waals surface area contributed by atoms with Gasteiger partial charge < -0.3 is 37.9 Å². The molecule has 3 aliphatic heterocycles. The van der Waals surface area contributed by atoms with Gasteiger partial charge in [0.1, 0.15) is 18.3 Å². The molecule has 0 aromatic heterocycles. The predicted octanol–water partition coefficient (Wildman–Crippen LogP) is 6.13. The normalized spacial score (nSPS) is 40.3. The van der Waals surface area contributed by atoms with Crippen LogP contribution in [0, 0.1) is 87.3 Å². The molecule has 62 heavy (non-hydrogen) atoms. The lowest BCUT2D eigenvalue weighted by Crippen LogP contribution is -2.47. The fraction of sp³-hybridized carbons (Fsp3) is 0.875. The number of cyclic esters (lactones) is 3. The van der Waals surface area contributed by atoms with Crippen LogP contribution in [-0.2, 0) is 66.7 Å². The van der Waals surface area contributed by atoms with Crippen LogP contribution in [0.3, 0.4) is 0 Å². The number of carbonyl (C=O) groups excluding carboxylic acids is 6. The molecular formula is C48H72O14. The molecule has 14 nitrogen and oxygen atoms in total. The Labute approximate surface area is 367 Å². The molecule has 17 unspecified atom stereocenters. The summed E-state index contributed by atoms with van der Waals surface area (Å²) in [5.74, 6) is 1.22. The van der Waals surface area contributed by atoms with Crippen molar-refractivity contribution in [2.45, 2.75) is 145 Å². The third-order valence-corrected chi connectivity index (χ3v) is 17.2. The minimum atomic E-state index is -0.486. The van der Waals surface area contributed by atoms with Crippen LogP contribution in [0.4, 0.5) is 0 Å². The van der Waals surface area contributed by atoms with Gasteiger partial charge in [-0.2, -0.15) is 0 Å². The molecule has 17 atom stereocenters. The second-order valence-electron chi connectivity index (χ2n) is 21.5. The second kappa shape index (κ2) is 17.6. The molecule has 0 radical (unpaired) electrons. The van der Waals surface area contributed by atoms with Crippen molar-refractivity contribution >= 4 is 35.8 Å². The van der Waals surface area contributed by atoms with Crippen LogP contribution >= 0.6 is 0 Å². The maximum atomic E-state index is 12.5. The summed E-state index contributed by atoms with van der Waals surface area (Å²) in [7, 11) is 1.63. The van der Waals surface area contributed by atoms with Gasteiger partial charge in [0.15, 0.2) is 0 Å². The van der Waals surface area contributed by atoms with Crippen molar-refractivity contribution in [1.82, 2.24) is 0 Å². The SMILES string of the molecule is CCC(C)(C)C(=O)OC1C2CC(C1OC)C1C(=O)OCC21.CCC(C)(C)C(=O)OC1CC2CC1C1C(=O)OCC21.CCOC1C2CC(C3COC(=O)C32)C1OC(=O)C(C)(C)CC. The van der Waals surface area contributed by atoms with Crippen LogP contribution in [0.2, 0.25) is 0 Å². The van der Waals surface area contributed by atoms with Crippen LogP contribution < -0.4 is 0 Å². The molecule has 9 fully saturated rings. The molecule has 6 saturated carbocycles. The number of methoxy groups -OCH3 is 1. The van der Waals surface area contributed by atoms with Crippen molar-refractivity contribution in [2.75, 3.05) is 33.5 Å². The molecule has 3 heterocycles. The standard InChI is InChI=1S/C17H26O5.C16H24O5.C15H22O4/c1-5-17(3,4)16(19)22-14-9-7-10(13(14)20-6-2)12-11(9)8-21-15(12)18;1-5-16(2,3)15(18)21-13-8-6-9(12(13)19-4)11-10(8)7-20-14(11)17;1-4-15(2,3)14(17)19-11-6-8-5-9(11)12-10(8)7-18-13(12)16/h9-14H,5-8H2,1-4H3;8-13H,5-7H2,1-4H3;8-12H,4-7H2,1-3H3. The van der Waals surface area contributed by atoms with E-state index in [4.69, 9.17) is 37.9 Å². The Bertz CT molecular complexity index is 1740. The Morgan fingerprint density at radius 1 is 0.500 bits per heavy atom. The first-order valence-electron chi connectivity index (χ1n) is 23.5. The van der Waals surface area contributed by atoms with E-state index < -0.39 is 16.2 Å². The highest BCUT2D eigenvalue weighted by atomic mass is 16.6. The summed E-state index contributed by atoms with van der Waals surface area (Å²) in [5.41, 5.74) is -1.40. The Morgan fingerprint density at radius 2 is 0.903 bits per heavy atom. The lowest BCUT2D eigenvalue weighted by Gasteiger charge is -2.36. The molecule has 9 rings (SSSR count). The van der Waals surface area contributed by atoms with Crippen LogP contribution in [-0.4, -0.2) is 99.9 Å². The molecule has 0 aromatic carbocycles.